The van der Waals surface area contributed by atoms with E-state index in [1.807, 2.05) is 0 Å². The van der Waals surface area contributed by atoms with Crippen LogP contribution in [-0.2, 0) is 4.74 Å². The lowest BCUT2D eigenvalue weighted by atomic mass is 9.99. The lowest BCUT2D eigenvalue weighted by Crippen LogP contribution is -2.23. The fraction of sp³-hybridized carbons (Fsp3) is 1.00. The van der Waals surface area contributed by atoms with Gasteiger partial charge in [-0.3, -0.25) is 0 Å². The first-order valence-corrected chi connectivity index (χ1v) is 6.30. The van der Waals surface area contributed by atoms with Crippen LogP contribution in [0.1, 0.15) is 59.8 Å². The second-order valence-electron chi connectivity index (χ2n) is 3.92. The number of halogens is 1. The van der Waals surface area contributed by atoms with Crippen molar-refractivity contribution in [3.8, 4) is 0 Å². The van der Waals surface area contributed by atoms with Crippen molar-refractivity contribution >= 4 is 11.6 Å². The molecule has 86 valence electrons. The molecule has 0 heterocycles. The molecule has 14 heavy (non-hydrogen) atoms. The van der Waals surface area contributed by atoms with Gasteiger partial charge in [-0.1, -0.05) is 27.7 Å². The SMILES string of the molecule is CCC(CC)OCCC(Cl)(CC)CC. The zero-order valence-corrected chi connectivity index (χ0v) is 10.9. The highest BCUT2D eigenvalue weighted by atomic mass is 35.5. The normalized spacial score (nSPS) is 12.4. The first-order valence-electron chi connectivity index (χ1n) is 5.92. The Balaban J connectivity index is 3.70. The Hall–Kier alpha value is 0.250. The van der Waals surface area contributed by atoms with Crippen LogP contribution in [0.3, 0.4) is 0 Å². The Morgan fingerprint density at radius 1 is 1.07 bits per heavy atom. The molecular formula is C12H25ClO. The summed E-state index contributed by atoms with van der Waals surface area (Å²) in [5.74, 6) is 0. The maximum absolute atomic E-state index is 6.40. The largest absolute Gasteiger partial charge is 0.378 e. The maximum Gasteiger partial charge on any atom is 0.0569 e. The fourth-order valence-corrected chi connectivity index (χ4v) is 1.61. The van der Waals surface area contributed by atoms with Gasteiger partial charge in [0, 0.05) is 11.5 Å². The molecule has 0 aromatic carbocycles. The number of rotatable bonds is 8. The van der Waals surface area contributed by atoms with Gasteiger partial charge in [0.15, 0.2) is 0 Å². The minimum atomic E-state index is -0.0357. The molecule has 0 aliphatic carbocycles. The molecule has 0 saturated heterocycles. The fourth-order valence-electron chi connectivity index (χ4n) is 1.54. The topological polar surface area (TPSA) is 9.23 Å². The van der Waals surface area contributed by atoms with E-state index >= 15 is 0 Å². The third kappa shape index (κ3) is 5.21. The quantitative estimate of drug-likeness (QED) is 0.552. The van der Waals surface area contributed by atoms with Crippen LogP contribution in [0.25, 0.3) is 0 Å². The minimum absolute atomic E-state index is 0.0357. The van der Waals surface area contributed by atoms with Gasteiger partial charge in [-0.25, -0.2) is 0 Å². The maximum atomic E-state index is 6.40. The first kappa shape index (κ1) is 14.2. The van der Waals surface area contributed by atoms with Crippen LogP contribution < -0.4 is 0 Å². The van der Waals surface area contributed by atoms with E-state index in [-0.39, 0.29) is 4.87 Å². The van der Waals surface area contributed by atoms with E-state index in [1.165, 1.54) is 0 Å². The summed E-state index contributed by atoms with van der Waals surface area (Å²) in [6.45, 7) is 9.43. The smallest absolute Gasteiger partial charge is 0.0569 e. The molecular weight excluding hydrogens is 196 g/mol. The molecule has 0 rings (SSSR count). The van der Waals surface area contributed by atoms with Gasteiger partial charge in [-0.2, -0.15) is 0 Å². The third-order valence-corrected chi connectivity index (χ3v) is 3.81. The van der Waals surface area contributed by atoms with E-state index in [1.54, 1.807) is 0 Å². The standard InChI is InChI=1S/C12H25ClO/c1-5-11(6-2)14-10-9-12(13,7-3)8-4/h11H,5-10H2,1-4H3. The van der Waals surface area contributed by atoms with Crippen molar-refractivity contribution in [3.63, 3.8) is 0 Å². The molecule has 0 unspecified atom stereocenters. The highest BCUT2D eigenvalue weighted by molar-refractivity contribution is 6.23. The van der Waals surface area contributed by atoms with Crippen molar-refractivity contribution in [3.05, 3.63) is 0 Å². The van der Waals surface area contributed by atoms with E-state index in [9.17, 15) is 0 Å². The van der Waals surface area contributed by atoms with Gasteiger partial charge in [0.1, 0.15) is 0 Å². The number of hydrogen-bond donors (Lipinski definition) is 0. The Morgan fingerprint density at radius 2 is 1.57 bits per heavy atom. The molecule has 0 spiro atoms. The minimum Gasteiger partial charge on any atom is -0.378 e. The first-order chi connectivity index (χ1) is 6.61. The number of alkyl halides is 1. The van der Waals surface area contributed by atoms with Crippen LogP contribution >= 0.6 is 11.6 Å². The van der Waals surface area contributed by atoms with Crippen molar-refractivity contribution in [1.29, 1.82) is 0 Å². The van der Waals surface area contributed by atoms with Crippen LogP contribution in [0.5, 0.6) is 0 Å². The molecule has 0 atom stereocenters. The highest BCUT2D eigenvalue weighted by Gasteiger charge is 2.22. The summed E-state index contributed by atoms with van der Waals surface area (Å²) in [5.41, 5.74) is 0. The Bertz CT molecular complexity index is 128. The predicted molar refractivity (Wildman–Crippen MR) is 64.1 cm³/mol. The van der Waals surface area contributed by atoms with Crippen LogP contribution in [0.2, 0.25) is 0 Å². The van der Waals surface area contributed by atoms with Crippen molar-refractivity contribution in [2.45, 2.75) is 70.8 Å². The molecule has 0 aliphatic rings. The molecule has 0 aromatic heterocycles. The predicted octanol–water partition coefficient (Wildman–Crippen LogP) is 4.38. The average Bonchev–Trinajstić information content (AvgIpc) is 2.24. The molecule has 0 fully saturated rings. The van der Waals surface area contributed by atoms with Gasteiger partial charge in [-0.05, 0) is 32.1 Å². The molecule has 0 bridgehead atoms. The third-order valence-electron chi connectivity index (χ3n) is 3.08. The summed E-state index contributed by atoms with van der Waals surface area (Å²) < 4.78 is 5.76. The summed E-state index contributed by atoms with van der Waals surface area (Å²) in [7, 11) is 0. The van der Waals surface area contributed by atoms with Crippen LogP contribution in [0.4, 0.5) is 0 Å². The second-order valence-corrected chi connectivity index (χ2v) is 4.72. The molecule has 0 saturated carbocycles. The molecule has 0 aromatic rings. The number of ether oxygens (including phenoxy) is 1. The lowest BCUT2D eigenvalue weighted by Gasteiger charge is -2.24. The van der Waals surface area contributed by atoms with Crippen molar-refractivity contribution < 1.29 is 4.74 Å². The van der Waals surface area contributed by atoms with E-state index in [2.05, 4.69) is 27.7 Å². The molecule has 2 heteroatoms. The molecule has 0 radical (unpaired) electrons. The molecule has 0 amide bonds. The molecule has 1 nitrogen and oxygen atoms in total. The summed E-state index contributed by atoms with van der Waals surface area (Å²) in [6, 6.07) is 0. The van der Waals surface area contributed by atoms with E-state index < -0.39 is 0 Å². The monoisotopic (exact) mass is 220 g/mol. The second kappa shape index (κ2) is 7.53. The zero-order valence-electron chi connectivity index (χ0n) is 10.1. The van der Waals surface area contributed by atoms with E-state index in [4.69, 9.17) is 16.3 Å². The summed E-state index contributed by atoms with van der Waals surface area (Å²) in [5, 5.41) is 0. The van der Waals surface area contributed by atoms with Crippen LogP contribution in [-0.4, -0.2) is 17.6 Å². The highest BCUT2D eigenvalue weighted by Crippen LogP contribution is 2.28. The summed E-state index contributed by atoms with van der Waals surface area (Å²) >= 11 is 6.40. The van der Waals surface area contributed by atoms with Gasteiger partial charge in [0.25, 0.3) is 0 Å². The van der Waals surface area contributed by atoms with Crippen molar-refractivity contribution in [1.82, 2.24) is 0 Å². The Morgan fingerprint density at radius 3 is 1.93 bits per heavy atom. The number of hydrogen-bond acceptors (Lipinski definition) is 1. The van der Waals surface area contributed by atoms with E-state index in [0.717, 1.165) is 38.7 Å². The van der Waals surface area contributed by atoms with Crippen LogP contribution in [0, 0.1) is 0 Å². The van der Waals surface area contributed by atoms with Gasteiger partial charge in [-0.15, -0.1) is 11.6 Å². The van der Waals surface area contributed by atoms with Gasteiger partial charge >= 0.3 is 0 Å². The van der Waals surface area contributed by atoms with Gasteiger partial charge in [0.2, 0.25) is 0 Å². The van der Waals surface area contributed by atoms with E-state index in [0.29, 0.717) is 6.10 Å². The summed E-state index contributed by atoms with van der Waals surface area (Å²) in [6.07, 6.45) is 5.64. The van der Waals surface area contributed by atoms with Gasteiger partial charge in [0.05, 0.1) is 6.10 Å². The van der Waals surface area contributed by atoms with Crippen LogP contribution in [0.15, 0.2) is 0 Å². The zero-order chi connectivity index (χ0) is 11.0. The van der Waals surface area contributed by atoms with Crippen molar-refractivity contribution in [2.24, 2.45) is 0 Å². The van der Waals surface area contributed by atoms with Crippen molar-refractivity contribution in [2.75, 3.05) is 6.61 Å². The average molecular weight is 221 g/mol. The van der Waals surface area contributed by atoms with Gasteiger partial charge < -0.3 is 4.74 Å². The molecule has 0 aliphatic heterocycles. The lowest BCUT2D eigenvalue weighted by molar-refractivity contribution is 0.0413. The molecule has 0 N–H and O–H groups in total. The Kier molecular flexibility index (Phi) is 7.66. The summed E-state index contributed by atoms with van der Waals surface area (Å²) in [4.78, 5) is -0.0357. The Labute approximate surface area is 94.2 Å².